The molecule has 4 nitrogen and oxygen atoms in total. The van der Waals surface area contributed by atoms with Gasteiger partial charge in [-0.2, -0.15) is 0 Å². The number of hydrogen-bond donors (Lipinski definition) is 0. The molecule has 1 aromatic rings. The lowest BCUT2D eigenvalue weighted by Crippen LogP contribution is -2.03. The van der Waals surface area contributed by atoms with Crippen molar-refractivity contribution in [3.63, 3.8) is 0 Å². The average molecular weight is 253 g/mol. The third kappa shape index (κ3) is 2.27. The van der Waals surface area contributed by atoms with Crippen LogP contribution in [0.4, 0.5) is 4.39 Å². The molecule has 7 heteroatoms. The first-order valence-electron chi connectivity index (χ1n) is 3.68. The van der Waals surface area contributed by atoms with Crippen molar-refractivity contribution in [1.82, 2.24) is 0 Å². The molecule has 0 heterocycles. The Kier molecular flexibility index (Phi) is 3.31. The van der Waals surface area contributed by atoms with Crippen LogP contribution in [0.15, 0.2) is 17.0 Å². The van der Waals surface area contributed by atoms with E-state index in [1.54, 1.807) is 0 Å². The van der Waals surface area contributed by atoms with Gasteiger partial charge in [0, 0.05) is 10.7 Å². The van der Waals surface area contributed by atoms with Crippen molar-refractivity contribution >= 4 is 26.0 Å². The van der Waals surface area contributed by atoms with Crippen LogP contribution in [0.2, 0.25) is 0 Å². The number of benzene rings is 1. The largest absolute Gasteiger partial charge is 0.494 e. The van der Waals surface area contributed by atoms with Crippen molar-refractivity contribution in [2.75, 3.05) is 7.11 Å². The number of halogens is 2. The second-order valence-corrected chi connectivity index (χ2v) is 5.06. The standard InChI is InChI=1S/C8H6ClFO4S/c1-14-7-5(4-11)2-3-6(10)8(7)15(9,12)13/h2-4H,1H3. The fraction of sp³-hybridized carbons (Fsp3) is 0.125. The van der Waals surface area contributed by atoms with Gasteiger partial charge in [0.25, 0.3) is 9.05 Å². The van der Waals surface area contributed by atoms with E-state index in [1.165, 1.54) is 0 Å². The van der Waals surface area contributed by atoms with Gasteiger partial charge in [0.1, 0.15) is 5.82 Å². The van der Waals surface area contributed by atoms with E-state index in [2.05, 4.69) is 4.74 Å². The molecule has 0 bridgehead atoms. The minimum Gasteiger partial charge on any atom is -0.494 e. The van der Waals surface area contributed by atoms with Gasteiger partial charge in [-0.3, -0.25) is 4.79 Å². The molecule has 0 fully saturated rings. The zero-order chi connectivity index (χ0) is 11.6. The van der Waals surface area contributed by atoms with Crippen LogP contribution in [0.3, 0.4) is 0 Å². The maximum atomic E-state index is 13.2. The van der Waals surface area contributed by atoms with E-state index in [9.17, 15) is 17.6 Å². The summed E-state index contributed by atoms with van der Waals surface area (Å²) in [4.78, 5) is 9.71. The third-order valence-corrected chi connectivity index (χ3v) is 3.00. The Labute approximate surface area is 90.0 Å². The predicted molar refractivity (Wildman–Crippen MR) is 51.4 cm³/mol. The smallest absolute Gasteiger partial charge is 0.267 e. The molecule has 1 aromatic carbocycles. The SMILES string of the molecule is COc1c(C=O)ccc(F)c1S(=O)(=O)Cl. The first-order chi connectivity index (χ1) is 6.91. The Balaban J connectivity index is 3.68. The summed E-state index contributed by atoms with van der Waals surface area (Å²) in [5.74, 6) is -1.45. The number of aldehydes is 1. The van der Waals surface area contributed by atoms with Crippen molar-refractivity contribution in [3.05, 3.63) is 23.5 Å². The van der Waals surface area contributed by atoms with Gasteiger partial charge < -0.3 is 4.74 Å². The summed E-state index contributed by atoms with van der Waals surface area (Å²) in [5.41, 5.74) is -0.0851. The topological polar surface area (TPSA) is 60.4 Å². The maximum Gasteiger partial charge on any atom is 0.267 e. The molecule has 0 N–H and O–H groups in total. The number of rotatable bonds is 3. The summed E-state index contributed by atoms with van der Waals surface area (Å²) >= 11 is 0. The molecule has 0 unspecified atom stereocenters. The van der Waals surface area contributed by atoms with E-state index < -0.39 is 19.8 Å². The number of ether oxygens (including phenoxy) is 1. The zero-order valence-corrected chi connectivity index (χ0v) is 9.10. The molecule has 1 rings (SSSR count). The summed E-state index contributed by atoms with van der Waals surface area (Å²) in [5, 5.41) is 0. The van der Waals surface area contributed by atoms with Crippen molar-refractivity contribution in [1.29, 1.82) is 0 Å². The number of hydrogen-bond acceptors (Lipinski definition) is 4. The van der Waals surface area contributed by atoms with E-state index in [4.69, 9.17) is 10.7 Å². The summed E-state index contributed by atoms with van der Waals surface area (Å²) in [6.07, 6.45) is 0.351. The fourth-order valence-electron chi connectivity index (χ4n) is 1.08. The lowest BCUT2D eigenvalue weighted by molar-refractivity contribution is 0.112. The predicted octanol–water partition coefficient (Wildman–Crippen LogP) is 1.57. The minimum absolute atomic E-state index is 0.0851. The molecule has 15 heavy (non-hydrogen) atoms. The summed E-state index contributed by atoms with van der Waals surface area (Å²) < 4.78 is 39.9. The highest BCUT2D eigenvalue weighted by Gasteiger charge is 2.24. The number of carbonyl (C=O) groups is 1. The van der Waals surface area contributed by atoms with Gasteiger partial charge in [-0.1, -0.05) is 0 Å². The average Bonchev–Trinajstić information content (AvgIpc) is 2.15. The second kappa shape index (κ2) is 4.16. The van der Waals surface area contributed by atoms with Crippen molar-refractivity contribution < 1.29 is 22.3 Å². The molecule has 82 valence electrons. The molecule has 0 spiro atoms. The number of methoxy groups -OCH3 is 1. The van der Waals surface area contributed by atoms with Gasteiger partial charge in [-0.25, -0.2) is 12.8 Å². The lowest BCUT2D eigenvalue weighted by atomic mass is 10.2. The summed E-state index contributed by atoms with van der Waals surface area (Å²) in [6, 6.07) is 1.94. The third-order valence-electron chi connectivity index (χ3n) is 1.67. The second-order valence-electron chi connectivity index (χ2n) is 2.55. The van der Waals surface area contributed by atoms with Crippen molar-refractivity contribution in [2.24, 2.45) is 0 Å². The molecular weight excluding hydrogens is 247 g/mol. The Morgan fingerprint density at radius 1 is 1.47 bits per heavy atom. The summed E-state index contributed by atoms with van der Waals surface area (Å²) in [6.45, 7) is 0. The zero-order valence-electron chi connectivity index (χ0n) is 7.53. The van der Waals surface area contributed by atoms with Gasteiger partial charge in [0.05, 0.1) is 12.7 Å². The van der Waals surface area contributed by atoms with Crippen LogP contribution in [0.25, 0.3) is 0 Å². The molecule has 0 amide bonds. The van der Waals surface area contributed by atoms with Crippen LogP contribution >= 0.6 is 10.7 Å². The minimum atomic E-state index is -4.30. The van der Waals surface area contributed by atoms with E-state index in [-0.39, 0.29) is 11.3 Å². The highest BCUT2D eigenvalue weighted by atomic mass is 35.7. The maximum absolute atomic E-state index is 13.2. The highest BCUT2D eigenvalue weighted by molar-refractivity contribution is 8.13. The van der Waals surface area contributed by atoms with Gasteiger partial charge >= 0.3 is 0 Å². The van der Waals surface area contributed by atoms with Crippen LogP contribution in [0.5, 0.6) is 5.75 Å². The van der Waals surface area contributed by atoms with Gasteiger partial charge in [0.2, 0.25) is 0 Å². The van der Waals surface area contributed by atoms with Crippen LogP contribution in [0.1, 0.15) is 10.4 Å². The quantitative estimate of drug-likeness (QED) is 0.605. The monoisotopic (exact) mass is 252 g/mol. The molecule has 0 aliphatic rings. The van der Waals surface area contributed by atoms with Crippen molar-refractivity contribution in [3.8, 4) is 5.75 Å². The fourth-order valence-corrected chi connectivity index (χ4v) is 2.24. The Morgan fingerprint density at radius 2 is 2.07 bits per heavy atom. The van der Waals surface area contributed by atoms with Crippen LogP contribution < -0.4 is 4.74 Å². The normalized spacial score (nSPS) is 11.1. The number of carbonyl (C=O) groups excluding carboxylic acids is 1. The van der Waals surface area contributed by atoms with Crippen LogP contribution in [0, 0.1) is 5.82 Å². The van der Waals surface area contributed by atoms with E-state index in [0.717, 1.165) is 19.2 Å². The molecule has 0 saturated carbocycles. The molecule has 0 atom stereocenters. The van der Waals surface area contributed by atoms with Crippen molar-refractivity contribution in [2.45, 2.75) is 4.90 Å². The molecular formula is C8H6ClFO4S. The Bertz CT molecular complexity index is 498. The Morgan fingerprint density at radius 3 is 2.47 bits per heavy atom. The first-order valence-corrected chi connectivity index (χ1v) is 5.99. The van der Waals surface area contributed by atoms with E-state index in [1.807, 2.05) is 0 Å². The van der Waals surface area contributed by atoms with Gasteiger partial charge in [-0.15, -0.1) is 0 Å². The lowest BCUT2D eigenvalue weighted by Gasteiger charge is -2.08. The van der Waals surface area contributed by atoms with Gasteiger partial charge in [0.15, 0.2) is 16.9 Å². The summed E-state index contributed by atoms with van der Waals surface area (Å²) in [7, 11) is 1.84. The Hall–Kier alpha value is -1.14. The van der Waals surface area contributed by atoms with Crippen LogP contribution in [-0.2, 0) is 9.05 Å². The van der Waals surface area contributed by atoms with Crippen LogP contribution in [-0.4, -0.2) is 21.8 Å². The highest BCUT2D eigenvalue weighted by Crippen LogP contribution is 2.31. The first kappa shape index (κ1) is 11.9. The molecule has 0 aliphatic carbocycles. The molecule has 0 aromatic heterocycles. The molecule has 0 radical (unpaired) electrons. The molecule has 0 saturated heterocycles. The molecule has 0 aliphatic heterocycles. The van der Waals surface area contributed by atoms with Gasteiger partial charge in [-0.05, 0) is 12.1 Å². The van der Waals surface area contributed by atoms with E-state index in [0.29, 0.717) is 6.29 Å². The van der Waals surface area contributed by atoms with E-state index >= 15 is 0 Å².